The van der Waals surface area contributed by atoms with Crippen molar-refractivity contribution in [3.05, 3.63) is 63.6 Å². The number of esters is 1. The summed E-state index contributed by atoms with van der Waals surface area (Å²) >= 11 is 11.9. The molecular formula is C19H18Cl2O4. The fourth-order valence-corrected chi connectivity index (χ4v) is 2.53. The molecule has 0 unspecified atom stereocenters. The van der Waals surface area contributed by atoms with Gasteiger partial charge < -0.3 is 14.2 Å². The van der Waals surface area contributed by atoms with E-state index in [1.165, 1.54) is 6.08 Å². The van der Waals surface area contributed by atoms with Crippen LogP contribution in [0.3, 0.4) is 0 Å². The van der Waals surface area contributed by atoms with Crippen molar-refractivity contribution < 1.29 is 19.0 Å². The van der Waals surface area contributed by atoms with E-state index in [9.17, 15) is 4.79 Å². The lowest BCUT2D eigenvalue weighted by atomic mass is 10.2. The summed E-state index contributed by atoms with van der Waals surface area (Å²) in [5.74, 6) is 0.784. The lowest BCUT2D eigenvalue weighted by Gasteiger charge is -2.09. The van der Waals surface area contributed by atoms with Crippen molar-refractivity contribution in [2.45, 2.75) is 13.5 Å². The molecule has 2 aromatic carbocycles. The Bertz CT molecular complexity index is 772. The minimum Gasteiger partial charge on any atom is -0.493 e. The molecule has 2 rings (SSSR count). The van der Waals surface area contributed by atoms with E-state index in [0.29, 0.717) is 33.7 Å². The van der Waals surface area contributed by atoms with Crippen LogP contribution in [0, 0.1) is 0 Å². The SMILES string of the molecule is CCOc1ccc(C=CC(=O)OCc2ccc(Cl)cc2Cl)cc1OC. The molecule has 0 saturated heterocycles. The first-order valence-electron chi connectivity index (χ1n) is 7.63. The zero-order valence-corrected chi connectivity index (χ0v) is 15.4. The third kappa shape index (κ3) is 5.69. The van der Waals surface area contributed by atoms with Crippen LogP contribution in [-0.2, 0) is 16.1 Å². The third-order valence-corrected chi connectivity index (χ3v) is 3.87. The van der Waals surface area contributed by atoms with Crippen LogP contribution in [0.2, 0.25) is 10.0 Å². The van der Waals surface area contributed by atoms with Crippen molar-refractivity contribution >= 4 is 35.2 Å². The molecule has 0 amide bonds. The van der Waals surface area contributed by atoms with Gasteiger partial charge in [-0.15, -0.1) is 0 Å². The Hall–Kier alpha value is -2.17. The van der Waals surface area contributed by atoms with E-state index < -0.39 is 5.97 Å². The largest absolute Gasteiger partial charge is 0.493 e. The van der Waals surface area contributed by atoms with Crippen LogP contribution in [0.25, 0.3) is 6.08 Å². The van der Waals surface area contributed by atoms with Crippen molar-refractivity contribution in [3.8, 4) is 11.5 Å². The number of benzene rings is 2. The number of rotatable bonds is 7. The molecule has 6 heteroatoms. The summed E-state index contributed by atoms with van der Waals surface area (Å²) in [6.07, 6.45) is 2.99. The van der Waals surface area contributed by atoms with Gasteiger partial charge in [0.25, 0.3) is 0 Å². The van der Waals surface area contributed by atoms with Crippen LogP contribution < -0.4 is 9.47 Å². The second kappa shape index (κ2) is 9.35. The molecule has 0 fully saturated rings. The van der Waals surface area contributed by atoms with Crippen molar-refractivity contribution in [1.82, 2.24) is 0 Å². The highest BCUT2D eigenvalue weighted by molar-refractivity contribution is 6.35. The number of halogens is 2. The maximum atomic E-state index is 11.9. The highest BCUT2D eigenvalue weighted by atomic mass is 35.5. The molecule has 2 aromatic rings. The molecule has 0 aliphatic carbocycles. The Labute approximate surface area is 156 Å². The molecule has 0 spiro atoms. The second-order valence-corrected chi connectivity index (χ2v) is 5.86. The van der Waals surface area contributed by atoms with Crippen molar-refractivity contribution in [2.75, 3.05) is 13.7 Å². The van der Waals surface area contributed by atoms with Crippen molar-refractivity contribution in [2.24, 2.45) is 0 Å². The fraction of sp³-hybridized carbons (Fsp3) is 0.211. The molecule has 0 aliphatic heterocycles. The average Bonchev–Trinajstić information content (AvgIpc) is 2.60. The van der Waals surface area contributed by atoms with Gasteiger partial charge in [0.05, 0.1) is 13.7 Å². The van der Waals surface area contributed by atoms with Gasteiger partial charge in [0.2, 0.25) is 0 Å². The Morgan fingerprint density at radius 2 is 1.92 bits per heavy atom. The standard InChI is InChI=1S/C19H18Cl2O4/c1-3-24-17-8-4-13(10-18(17)23-2)5-9-19(22)25-12-14-6-7-15(20)11-16(14)21/h4-11H,3,12H2,1-2H3. The third-order valence-electron chi connectivity index (χ3n) is 3.28. The topological polar surface area (TPSA) is 44.8 Å². The predicted molar refractivity (Wildman–Crippen MR) is 99.5 cm³/mol. The summed E-state index contributed by atoms with van der Waals surface area (Å²) in [6.45, 7) is 2.52. The summed E-state index contributed by atoms with van der Waals surface area (Å²) in [5.41, 5.74) is 1.48. The monoisotopic (exact) mass is 380 g/mol. The minimum atomic E-state index is -0.473. The van der Waals surface area contributed by atoms with Gasteiger partial charge >= 0.3 is 5.97 Å². The Morgan fingerprint density at radius 1 is 1.12 bits per heavy atom. The first-order chi connectivity index (χ1) is 12.0. The van der Waals surface area contributed by atoms with Crippen LogP contribution in [0.15, 0.2) is 42.5 Å². The molecular weight excluding hydrogens is 363 g/mol. The van der Waals surface area contributed by atoms with Crippen LogP contribution in [-0.4, -0.2) is 19.7 Å². The van der Waals surface area contributed by atoms with E-state index in [-0.39, 0.29) is 6.61 Å². The van der Waals surface area contributed by atoms with Gasteiger partial charge in [0.1, 0.15) is 6.61 Å². The zero-order valence-electron chi connectivity index (χ0n) is 13.9. The molecule has 132 valence electrons. The molecule has 0 N–H and O–H groups in total. The first kappa shape index (κ1) is 19.2. The Kier molecular flexibility index (Phi) is 7.16. The number of ether oxygens (including phenoxy) is 3. The van der Waals surface area contributed by atoms with Gasteiger partial charge in [-0.05, 0) is 42.8 Å². The summed E-state index contributed by atoms with van der Waals surface area (Å²) in [6, 6.07) is 10.4. The van der Waals surface area contributed by atoms with E-state index in [1.54, 1.807) is 43.5 Å². The molecule has 0 aromatic heterocycles. The van der Waals surface area contributed by atoms with Gasteiger partial charge in [0.15, 0.2) is 11.5 Å². The van der Waals surface area contributed by atoms with Gasteiger partial charge in [0, 0.05) is 21.7 Å². The highest BCUT2D eigenvalue weighted by Crippen LogP contribution is 2.28. The predicted octanol–water partition coefficient (Wildman–Crippen LogP) is 5.16. The highest BCUT2D eigenvalue weighted by Gasteiger charge is 2.06. The van der Waals surface area contributed by atoms with Crippen LogP contribution in [0.5, 0.6) is 11.5 Å². The number of carbonyl (C=O) groups excluding carboxylic acids is 1. The van der Waals surface area contributed by atoms with Crippen LogP contribution in [0.1, 0.15) is 18.1 Å². The number of hydrogen-bond donors (Lipinski definition) is 0. The number of methoxy groups -OCH3 is 1. The van der Waals surface area contributed by atoms with Gasteiger partial charge in [-0.25, -0.2) is 4.79 Å². The summed E-state index contributed by atoms with van der Waals surface area (Å²) in [7, 11) is 1.56. The van der Waals surface area contributed by atoms with Crippen molar-refractivity contribution in [1.29, 1.82) is 0 Å². The lowest BCUT2D eigenvalue weighted by molar-refractivity contribution is -0.138. The molecule has 0 radical (unpaired) electrons. The minimum absolute atomic E-state index is 0.0752. The lowest BCUT2D eigenvalue weighted by Crippen LogP contribution is -2.01. The summed E-state index contributed by atoms with van der Waals surface area (Å²) in [5, 5.41) is 0.991. The number of hydrogen-bond acceptors (Lipinski definition) is 4. The van der Waals surface area contributed by atoms with E-state index >= 15 is 0 Å². The molecule has 0 aliphatic rings. The van der Waals surface area contributed by atoms with E-state index in [1.807, 2.05) is 13.0 Å². The fourth-order valence-electron chi connectivity index (χ4n) is 2.06. The molecule has 0 heterocycles. The van der Waals surface area contributed by atoms with Crippen LogP contribution in [0.4, 0.5) is 0 Å². The van der Waals surface area contributed by atoms with Gasteiger partial charge in [-0.1, -0.05) is 35.3 Å². The molecule has 0 saturated carbocycles. The van der Waals surface area contributed by atoms with E-state index in [2.05, 4.69) is 0 Å². The maximum Gasteiger partial charge on any atom is 0.331 e. The Balaban J connectivity index is 1.97. The molecule has 0 bridgehead atoms. The molecule has 25 heavy (non-hydrogen) atoms. The molecule has 0 atom stereocenters. The average molecular weight is 381 g/mol. The van der Waals surface area contributed by atoms with E-state index in [0.717, 1.165) is 5.56 Å². The zero-order chi connectivity index (χ0) is 18.2. The normalized spacial score (nSPS) is 10.7. The van der Waals surface area contributed by atoms with Crippen LogP contribution >= 0.6 is 23.2 Å². The van der Waals surface area contributed by atoms with E-state index in [4.69, 9.17) is 37.4 Å². The quantitative estimate of drug-likeness (QED) is 0.491. The Morgan fingerprint density at radius 3 is 2.60 bits per heavy atom. The first-order valence-corrected chi connectivity index (χ1v) is 8.38. The van der Waals surface area contributed by atoms with Crippen molar-refractivity contribution in [3.63, 3.8) is 0 Å². The number of carbonyl (C=O) groups is 1. The summed E-state index contributed by atoms with van der Waals surface area (Å²) in [4.78, 5) is 11.9. The maximum absolute atomic E-state index is 11.9. The molecule has 4 nitrogen and oxygen atoms in total. The van der Waals surface area contributed by atoms with Gasteiger partial charge in [-0.3, -0.25) is 0 Å². The smallest absolute Gasteiger partial charge is 0.331 e. The second-order valence-electron chi connectivity index (χ2n) is 5.02. The summed E-state index contributed by atoms with van der Waals surface area (Å²) < 4.78 is 15.9. The van der Waals surface area contributed by atoms with Gasteiger partial charge in [-0.2, -0.15) is 0 Å².